The van der Waals surface area contributed by atoms with Crippen LogP contribution in [0.1, 0.15) is 26.2 Å². The molecule has 2 unspecified atom stereocenters. The normalized spacial score (nSPS) is 34.9. The average Bonchev–Trinajstić information content (AvgIpc) is 2.19. The van der Waals surface area contributed by atoms with Gasteiger partial charge < -0.3 is 0 Å². The molecular formula is C12H20N2. The van der Waals surface area contributed by atoms with Crippen molar-refractivity contribution in [2.24, 2.45) is 0 Å². The molecule has 2 nitrogen and oxygen atoms in total. The molecule has 0 spiro atoms. The van der Waals surface area contributed by atoms with Crippen LogP contribution < -0.4 is 0 Å². The Morgan fingerprint density at radius 1 is 1.36 bits per heavy atom. The molecule has 2 heteroatoms. The molecule has 2 rings (SSSR count). The number of piperidine rings is 1. The van der Waals surface area contributed by atoms with E-state index in [0.717, 1.165) is 12.6 Å². The zero-order valence-electron chi connectivity index (χ0n) is 9.08. The third-order valence-electron chi connectivity index (χ3n) is 3.61. The van der Waals surface area contributed by atoms with Crippen LogP contribution in [0, 0.1) is 12.3 Å². The van der Waals surface area contributed by atoms with Crippen molar-refractivity contribution in [1.29, 1.82) is 0 Å². The SMILES string of the molecule is C#CCN1CC2CCCCN2CC1C. The van der Waals surface area contributed by atoms with E-state index in [9.17, 15) is 0 Å². The fourth-order valence-corrected chi connectivity index (χ4v) is 2.75. The Hall–Kier alpha value is -0.520. The molecule has 2 atom stereocenters. The standard InChI is InChI=1S/C12H20N2/c1-3-7-13-10-12-6-4-5-8-14(12)9-11(13)2/h1,11-12H,4-10H2,2H3. The molecule has 2 fully saturated rings. The summed E-state index contributed by atoms with van der Waals surface area (Å²) in [6.07, 6.45) is 9.54. The molecule has 14 heavy (non-hydrogen) atoms. The lowest BCUT2D eigenvalue weighted by Gasteiger charge is -2.47. The Bertz CT molecular complexity index is 231. The number of hydrogen-bond acceptors (Lipinski definition) is 2. The minimum absolute atomic E-state index is 0.639. The summed E-state index contributed by atoms with van der Waals surface area (Å²) < 4.78 is 0. The van der Waals surface area contributed by atoms with Gasteiger partial charge in [-0.3, -0.25) is 9.80 Å². The zero-order chi connectivity index (χ0) is 9.97. The molecule has 2 heterocycles. The molecule has 0 aliphatic carbocycles. The Kier molecular flexibility index (Phi) is 3.10. The smallest absolute Gasteiger partial charge is 0.0602 e. The largest absolute Gasteiger partial charge is 0.298 e. The summed E-state index contributed by atoms with van der Waals surface area (Å²) in [5.41, 5.74) is 0. The summed E-state index contributed by atoms with van der Waals surface area (Å²) in [4.78, 5) is 5.10. The van der Waals surface area contributed by atoms with Gasteiger partial charge in [0.15, 0.2) is 0 Å². The number of hydrogen-bond donors (Lipinski definition) is 0. The second-order valence-corrected chi connectivity index (χ2v) is 4.63. The second-order valence-electron chi connectivity index (χ2n) is 4.63. The van der Waals surface area contributed by atoms with Crippen molar-refractivity contribution in [1.82, 2.24) is 9.80 Å². The average molecular weight is 192 g/mol. The molecule has 0 aromatic heterocycles. The van der Waals surface area contributed by atoms with Crippen molar-refractivity contribution in [3.63, 3.8) is 0 Å². The number of piperazine rings is 1. The quantitative estimate of drug-likeness (QED) is 0.576. The van der Waals surface area contributed by atoms with Gasteiger partial charge in [0.05, 0.1) is 6.54 Å². The maximum atomic E-state index is 5.38. The van der Waals surface area contributed by atoms with Gasteiger partial charge in [-0.1, -0.05) is 12.3 Å². The summed E-state index contributed by atoms with van der Waals surface area (Å²) in [7, 11) is 0. The van der Waals surface area contributed by atoms with Crippen LogP contribution in [0.3, 0.4) is 0 Å². The number of terminal acetylenes is 1. The first-order chi connectivity index (χ1) is 6.81. The summed E-state index contributed by atoms with van der Waals surface area (Å²) in [6, 6.07) is 1.42. The minimum Gasteiger partial charge on any atom is -0.298 e. The van der Waals surface area contributed by atoms with Gasteiger partial charge in [0, 0.05) is 25.2 Å². The van der Waals surface area contributed by atoms with Crippen LogP contribution in [0.15, 0.2) is 0 Å². The fraction of sp³-hybridized carbons (Fsp3) is 0.833. The molecule has 0 bridgehead atoms. The number of rotatable bonds is 1. The lowest BCUT2D eigenvalue weighted by molar-refractivity contribution is 0.0226. The van der Waals surface area contributed by atoms with Gasteiger partial charge in [-0.05, 0) is 26.3 Å². The molecule has 2 aliphatic heterocycles. The van der Waals surface area contributed by atoms with Crippen molar-refractivity contribution >= 4 is 0 Å². The van der Waals surface area contributed by atoms with Gasteiger partial charge in [0.2, 0.25) is 0 Å². The zero-order valence-corrected chi connectivity index (χ0v) is 9.08. The van der Waals surface area contributed by atoms with Crippen molar-refractivity contribution in [3.05, 3.63) is 0 Å². The van der Waals surface area contributed by atoms with Crippen molar-refractivity contribution in [2.75, 3.05) is 26.2 Å². The highest BCUT2D eigenvalue weighted by Crippen LogP contribution is 2.23. The van der Waals surface area contributed by atoms with E-state index in [4.69, 9.17) is 6.42 Å². The van der Waals surface area contributed by atoms with Crippen molar-refractivity contribution in [2.45, 2.75) is 38.3 Å². The molecule has 0 saturated carbocycles. The van der Waals surface area contributed by atoms with Crippen molar-refractivity contribution in [3.8, 4) is 12.3 Å². The Morgan fingerprint density at radius 3 is 3.00 bits per heavy atom. The number of fused-ring (bicyclic) bond motifs is 1. The highest BCUT2D eigenvalue weighted by Gasteiger charge is 2.32. The van der Waals surface area contributed by atoms with Gasteiger partial charge in [-0.25, -0.2) is 0 Å². The molecule has 0 N–H and O–H groups in total. The minimum atomic E-state index is 0.639. The van der Waals surface area contributed by atoms with E-state index in [-0.39, 0.29) is 0 Å². The van der Waals surface area contributed by atoms with Crippen LogP contribution in [0.2, 0.25) is 0 Å². The maximum Gasteiger partial charge on any atom is 0.0602 e. The van der Waals surface area contributed by atoms with E-state index < -0.39 is 0 Å². The first-order valence-corrected chi connectivity index (χ1v) is 5.73. The third kappa shape index (κ3) is 1.94. The van der Waals surface area contributed by atoms with Crippen LogP contribution >= 0.6 is 0 Å². The summed E-state index contributed by atoms with van der Waals surface area (Å²) in [6.45, 7) is 6.82. The monoisotopic (exact) mass is 192 g/mol. The Morgan fingerprint density at radius 2 is 2.21 bits per heavy atom. The lowest BCUT2D eigenvalue weighted by Crippen LogP contribution is -2.58. The van der Waals surface area contributed by atoms with Crippen LogP contribution in [0.5, 0.6) is 0 Å². The van der Waals surface area contributed by atoms with E-state index in [2.05, 4.69) is 22.6 Å². The highest BCUT2D eigenvalue weighted by atomic mass is 15.3. The van der Waals surface area contributed by atoms with Crippen molar-refractivity contribution < 1.29 is 0 Å². The van der Waals surface area contributed by atoms with Gasteiger partial charge in [-0.2, -0.15) is 0 Å². The van der Waals surface area contributed by atoms with E-state index >= 15 is 0 Å². The molecule has 0 aromatic rings. The summed E-state index contributed by atoms with van der Waals surface area (Å²) in [5.74, 6) is 2.77. The van der Waals surface area contributed by atoms with Gasteiger partial charge >= 0.3 is 0 Å². The molecule has 78 valence electrons. The molecule has 2 aliphatic rings. The summed E-state index contributed by atoms with van der Waals surface area (Å²) in [5, 5.41) is 0. The predicted octanol–water partition coefficient (Wildman–Crippen LogP) is 1.18. The topological polar surface area (TPSA) is 6.48 Å². The predicted molar refractivity (Wildman–Crippen MR) is 59.1 cm³/mol. The number of nitrogens with zero attached hydrogens (tertiary/aromatic N) is 2. The lowest BCUT2D eigenvalue weighted by atomic mass is 9.97. The Balaban J connectivity index is 1.96. The van der Waals surface area contributed by atoms with Crippen LogP contribution in [-0.2, 0) is 0 Å². The second kappa shape index (κ2) is 4.33. The molecule has 0 aromatic carbocycles. The summed E-state index contributed by atoms with van der Waals surface area (Å²) >= 11 is 0. The molecule has 0 amide bonds. The highest BCUT2D eigenvalue weighted by molar-refractivity contribution is 4.95. The molecular weight excluding hydrogens is 172 g/mol. The maximum absolute atomic E-state index is 5.38. The first kappa shape index (κ1) is 10.0. The van der Waals surface area contributed by atoms with E-state index in [1.165, 1.54) is 38.9 Å². The van der Waals surface area contributed by atoms with Gasteiger partial charge in [-0.15, -0.1) is 6.42 Å². The van der Waals surface area contributed by atoms with E-state index in [1.807, 2.05) is 0 Å². The van der Waals surface area contributed by atoms with E-state index in [1.54, 1.807) is 0 Å². The molecule has 0 radical (unpaired) electrons. The molecule has 2 saturated heterocycles. The third-order valence-corrected chi connectivity index (χ3v) is 3.61. The fourth-order valence-electron chi connectivity index (χ4n) is 2.75. The van der Waals surface area contributed by atoms with Gasteiger partial charge in [0.1, 0.15) is 0 Å². The van der Waals surface area contributed by atoms with Crippen LogP contribution in [-0.4, -0.2) is 48.1 Å². The van der Waals surface area contributed by atoms with E-state index in [0.29, 0.717) is 6.04 Å². The van der Waals surface area contributed by atoms with Crippen LogP contribution in [0.4, 0.5) is 0 Å². The van der Waals surface area contributed by atoms with Crippen LogP contribution in [0.25, 0.3) is 0 Å². The van der Waals surface area contributed by atoms with Gasteiger partial charge in [0.25, 0.3) is 0 Å². The first-order valence-electron chi connectivity index (χ1n) is 5.73. The Labute approximate surface area is 87.3 Å².